The molecule has 0 unspecified atom stereocenters. The lowest BCUT2D eigenvalue weighted by Gasteiger charge is -2.20. The van der Waals surface area contributed by atoms with Gasteiger partial charge in [-0.15, -0.1) is 0 Å². The van der Waals surface area contributed by atoms with E-state index in [1.165, 1.54) is 23.1 Å². The fourth-order valence-corrected chi connectivity index (χ4v) is 2.08. The van der Waals surface area contributed by atoms with Gasteiger partial charge in [0.25, 0.3) is 0 Å². The summed E-state index contributed by atoms with van der Waals surface area (Å²) >= 11 is 0. The number of rotatable bonds is 5. The van der Waals surface area contributed by atoms with Crippen LogP contribution in [0.4, 0.5) is 0 Å². The molecule has 1 aromatic carbocycles. The minimum Gasteiger partial charge on any atom is -0.496 e. The van der Waals surface area contributed by atoms with Crippen LogP contribution in [0.2, 0.25) is 0 Å². The lowest BCUT2D eigenvalue weighted by Crippen LogP contribution is -2.36. The summed E-state index contributed by atoms with van der Waals surface area (Å²) in [5.41, 5.74) is 4.20. The van der Waals surface area contributed by atoms with Gasteiger partial charge in [-0.25, -0.2) is 0 Å². The normalized spacial score (nSPS) is 11.7. The smallest absolute Gasteiger partial charge is 0.122 e. The van der Waals surface area contributed by atoms with E-state index < -0.39 is 0 Å². The molecule has 0 aliphatic heterocycles. The highest BCUT2D eigenvalue weighted by atomic mass is 16.5. The van der Waals surface area contributed by atoms with Gasteiger partial charge < -0.3 is 10.1 Å². The van der Waals surface area contributed by atoms with E-state index in [9.17, 15) is 0 Å². The molecule has 2 nitrogen and oxygen atoms in total. The zero-order chi connectivity index (χ0) is 13.8. The highest BCUT2D eigenvalue weighted by Crippen LogP contribution is 2.23. The molecule has 1 aromatic rings. The first-order valence-electron chi connectivity index (χ1n) is 6.72. The van der Waals surface area contributed by atoms with Gasteiger partial charge >= 0.3 is 0 Å². The Labute approximate surface area is 112 Å². The van der Waals surface area contributed by atoms with Gasteiger partial charge in [0.05, 0.1) is 7.11 Å². The van der Waals surface area contributed by atoms with E-state index >= 15 is 0 Å². The van der Waals surface area contributed by atoms with Gasteiger partial charge in [0, 0.05) is 5.54 Å². The van der Waals surface area contributed by atoms with Crippen molar-refractivity contribution in [3.8, 4) is 5.75 Å². The molecule has 0 atom stereocenters. The second-order valence-electron chi connectivity index (χ2n) is 6.03. The quantitative estimate of drug-likeness (QED) is 0.805. The van der Waals surface area contributed by atoms with Crippen molar-refractivity contribution in [1.29, 1.82) is 0 Å². The molecule has 0 fully saturated rings. The van der Waals surface area contributed by atoms with E-state index in [2.05, 4.69) is 52.1 Å². The van der Waals surface area contributed by atoms with E-state index in [1.54, 1.807) is 7.11 Å². The maximum absolute atomic E-state index is 5.34. The molecule has 1 N–H and O–H groups in total. The summed E-state index contributed by atoms with van der Waals surface area (Å²) in [5.74, 6) is 0.990. The molecular formula is C16H27NO. The highest BCUT2D eigenvalue weighted by Gasteiger charge is 2.08. The van der Waals surface area contributed by atoms with Gasteiger partial charge in [-0.1, -0.05) is 6.07 Å². The Hall–Kier alpha value is -1.02. The van der Waals surface area contributed by atoms with Crippen LogP contribution in [0.3, 0.4) is 0 Å². The van der Waals surface area contributed by atoms with Gasteiger partial charge in [0.1, 0.15) is 5.75 Å². The standard InChI is InChI=1S/C16H27NO/c1-12-11-15(18-6)13(2)10-14(12)8-7-9-17-16(3,4)5/h10-11,17H,7-9H2,1-6H3. The van der Waals surface area contributed by atoms with Crippen molar-refractivity contribution in [2.24, 2.45) is 0 Å². The van der Waals surface area contributed by atoms with Crippen LogP contribution in [0.1, 0.15) is 43.9 Å². The second-order valence-corrected chi connectivity index (χ2v) is 6.03. The van der Waals surface area contributed by atoms with Crippen molar-refractivity contribution in [2.45, 2.75) is 53.0 Å². The Balaban J connectivity index is 2.55. The van der Waals surface area contributed by atoms with E-state index in [1.807, 2.05) is 0 Å². The third kappa shape index (κ3) is 4.69. The van der Waals surface area contributed by atoms with E-state index in [-0.39, 0.29) is 5.54 Å². The minimum absolute atomic E-state index is 0.213. The van der Waals surface area contributed by atoms with Crippen LogP contribution in [-0.2, 0) is 6.42 Å². The molecule has 1 rings (SSSR count). The van der Waals surface area contributed by atoms with Crippen LogP contribution in [0, 0.1) is 13.8 Å². The second kappa shape index (κ2) is 6.24. The summed E-state index contributed by atoms with van der Waals surface area (Å²) in [7, 11) is 1.73. The maximum atomic E-state index is 5.34. The third-order valence-corrected chi connectivity index (χ3v) is 3.13. The van der Waals surface area contributed by atoms with Gasteiger partial charge in [0.2, 0.25) is 0 Å². The van der Waals surface area contributed by atoms with Crippen LogP contribution in [0.25, 0.3) is 0 Å². The number of ether oxygens (including phenoxy) is 1. The molecule has 2 heteroatoms. The number of methoxy groups -OCH3 is 1. The number of benzene rings is 1. The number of aryl methyl sites for hydroxylation is 3. The molecule has 0 radical (unpaired) electrons. The number of nitrogens with one attached hydrogen (secondary N) is 1. The van der Waals surface area contributed by atoms with Crippen LogP contribution in [-0.4, -0.2) is 19.2 Å². The fourth-order valence-electron chi connectivity index (χ4n) is 2.08. The molecule has 0 amide bonds. The first-order valence-corrected chi connectivity index (χ1v) is 6.72. The Bertz CT molecular complexity index is 391. The molecule has 0 heterocycles. The molecule has 0 bridgehead atoms. The van der Waals surface area contributed by atoms with Crippen LogP contribution in [0.5, 0.6) is 5.75 Å². The van der Waals surface area contributed by atoms with E-state index in [4.69, 9.17) is 4.74 Å². The average Bonchev–Trinajstić information content (AvgIpc) is 2.27. The van der Waals surface area contributed by atoms with E-state index in [0.717, 1.165) is 18.7 Å². The summed E-state index contributed by atoms with van der Waals surface area (Å²) in [4.78, 5) is 0. The minimum atomic E-state index is 0.213. The van der Waals surface area contributed by atoms with Crippen molar-refractivity contribution < 1.29 is 4.74 Å². The Morgan fingerprint density at radius 2 is 1.78 bits per heavy atom. The molecular weight excluding hydrogens is 222 g/mol. The van der Waals surface area contributed by atoms with Gasteiger partial charge in [-0.05, 0) is 76.8 Å². The summed E-state index contributed by atoms with van der Waals surface area (Å²) in [6, 6.07) is 4.40. The first-order chi connectivity index (χ1) is 8.33. The highest BCUT2D eigenvalue weighted by molar-refractivity contribution is 5.41. The van der Waals surface area contributed by atoms with Crippen LogP contribution in [0.15, 0.2) is 12.1 Å². The predicted molar refractivity (Wildman–Crippen MR) is 78.5 cm³/mol. The van der Waals surface area contributed by atoms with Crippen molar-refractivity contribution in [2.75, 3.05) is 13.7 Å². The molecule has 0 aliphatic carbocycles. The zero-order valence-electron chi connectivity index (χ0n) is 12.7. The van der Waals surface area contributed by atoms with Crippen molar-refractivity contribution in [3.05, 3.63) is 28.8 Å². The lowest BCUT2D eigenvalue weighted by atomic mass is 10.00. The molecule has 0 saturated carbocycles. The van der Waals surface area contributed by atoms with Crippen molar-refractivity contribution in [1.82, 2.24) is 5.32 Å². The third-order valence-electron chi connectivity index (χ3n) is 3.13. The Morgan fingerprint density at radius 3 is 2.33 bits per heavy atom. The largest absolute Gasteiger partial charge is 0.496 e. The predicted octanol–water partition coefficient (Wildman–Crippen LogP) is 3.63. The number of hydrogen-bond acceptors (Lipinski definition) is 2. The monoisotopic (exact) mass is 249 g/mol. The van der Waals surface area contributed by atoms with E-state index in [0.29, 0.717) is 0 Å². The summed E-state index contributed by atoms with van der Waals surface area (Å²) in [6.45, 7) is 11.9. The van der Waals surface area contributed by atoms with Crippen LogP contribution >= 0.6 is 0 Å². The molecule has 102 valence electrons. The molecule has 0 aromatic heterocycles. The topological polar surface area (TPSA) is 21.3 Å². The molecule has 18 heavy (non-hydrogen) atoms. The van der Waals surface area contributed by atoms with Crippen molar-refractivity contribution >= 4 is 0 Å². The van der Waals surface area contributed by atoms with Crippen LogP contribution < -0.4 is 10.1 Å². The lowest BCUT2D eigenvalue weighted by molar-refractivity contribution is 0.411. The molecule has 0 aliphatic rings. The maximum Gasteiger partial charge on any atom is 0.122 e. The molecule has 0 spiro atoms. The Kier molecular flexibility index (Phi) is 5.21. The zero-order valence-corrected chi connectivity index (χ0v) is 12.7. The average molecular weight is 249 g/mol. The molecule has 0 saturated heterocycles. The first kappa shape index (κ1) is 15.0. The Morgan fingerprint density at radius 1 is 1.11 bits per heavy atom. The van der Waals surface area contributed by atoms with Crippen molar-refractivity contribution in [3.63, 3.8) is 0 Å². The number of hydrogen-bond donors (Lipinski definition) is 1. The van der Waals surface area contributed by atoms with Gasteiger partial charge in [-0.2, -0.15) is 0 Å². The van der Waals surface area contributed by atoms with Gasteiger partial charge in [-0.3, -0.25) is 0 Å². The fraction of sp³-hybridized carbons (Fsp3) is 0.625. The summed E-state index contributed by atoms with van der Waals surface area (Å²) < 4.78 is 5.34. The SMILES string of the molecule is COc1cc(C)c(CCCNC(C)(C)C)cc1C. The van der Waals surface area contributed by atoms with Gasteiger partial charge in [0.15, 0.2) is 0 Å². The summed E-state index contributed by atoms with van der Waals surface area (Å²) in [5, 5.41) is 3.52. The summed E-state index contributed by atoms with van der Waals surface area (Å²) in [6.07, 6.45) is 2.30.